The van der Waals surface area contributed by atoms with Gasteiger partial charge in [-0.25, -0.2) is 4.98 Å². The van der Waals surface area contributed by atoms with Crippen LogP contribution in [0.15, 0.2) is 33.7 Å². The van der Waals surface area contributed by atoms with Gasteiger partial charge in [-0.1, -0.05) is 0 Å². The van der Waals surface area contributed by atoms with Crippen LogP contribution in [0.2, 0.25) is 0 Å². The molecule has 0 saturated carbocycles. The van der Waals surface area contributed by atoms with E-state index in [1.165, 1.54) is 4.57 Å². The number of ether oxygens (including phenoxy) is 1. The fraction of sp³-hybridized carbons (Fsp3) is 0.529. The van der Waals surface area contributed by atoms with Crippen molar-refractivity contribution >= 4 is 5.82 Å². The number of rotatable bonds is 6. The van der Waals surface area contributed by atoms with Gasteiger partial charge in [-0.05, 0) is 12.1 Å². The first kappa shape index (κ1) is 17.7. The van der Waals surface area contributed by atoms with Crippen LogP contribution in [0.4, 0.5) is 5.82 Å². The van der Waals surface area contributed by atoms with Crippen molar-refractivity contribution in [2.24, 2.45) is 7.05 Å². The topological polar surface area (TPSA) is 84.0 Å². The monoisotopic (exact) mass is 348 g/mol. The molecule has 8 nitrogen and oxygen atoms in total. The summed E-state index contributed by atoms with van der Waals surface area (Å²) in [5, 5.41) is 9.08. The summed E-state index contributed by atoms with van der Waals surface area (Å²) in [5.74, 6) is 1.83. The fourth-order valence-electron chi connectivity index (χ4n) is 2.99. The molecule has 1 atom stereocenters. The molecule has 0 spiro atoms. The zero-order valence-electron chi connectivity index (χ0n) is 14.6. The van der Waals surface area contributed by atoms with Crippen LogP contribution in [0.3, 0.4) is 0 Å². The Kier molecular flexibility index (Phi) is 5.52. The molecule has 136 valence electrons. The minimum absolute atomic E-state index is 0.0160. The van der Waals surface area contributed by atoms with Crippen molar-refractivity contribution < 1.29 is 14.3 Å². The van der Waals surface area contributed by atoms with E-state index in [1.54, 1.807) is 25.5 Å². The molecule has 1 N–H and O–H groups in total. The highest BCUT2D eigenvalue weighted by Crippen LogP contribution is 2.15. The standard InChI is InChI=1S/C17H24N4O4/c1-19-6-5-18-16(17(19)23)20(2)9-15-11-21(7-8-24-15)10-13-3-4-14(12-22)25-13/h3-6,15,22H,7-12H2,1-2H3/t15-/m0/s1. The highest BCUT2D eigenvalue weighted by atomic mass is 16.5. The van der Waals surface area contributed by atoms with Gasteiger partial charge < -0.3 is 23.7 Å². The van der Waals surface area contributed by atoms with Crippen LogP contribution in [0, 0.1) is 0 Å². The Hall–Kier alpha value is -2.16. The van der Waals surface area contributed by atoms with Gasteiger partial charge in [0.1, 0.15) is 18.1 Å². The van der Waals surface area contributed by atoms with Gasteiger partial charge in [-0.15, -0.1) is 0 Å². The van der Waals surface area contributed by atoms with Gasteiger partial charge in [0.15, 0.2) is 5.82 Å². The Morgan fingerprint density at radius 1 is 1.40 bits per heavy atom. The highest BCUT2D eigenvalue weighted by Gasteiger charge is 2.23. The van der Waals surface area contributed by atoms with Crippen LogP contribution in [-0.4, -0.2) is 59.0 Å². The first-order chi connectivity index (χ1) is 12.1. The van der Waals surface area contributed by atoms with Gasteiger partial charge in [-0.2, -0.15) is 0 Å². The number of furan rings is 1. The first-order valence-corrected chi connectivity index (χ1v) is 8.32. The Labute approximate surface area is 146 Å². The third-order valence-corrected chi connectivity index (χ3v) is 4.31. The van der Waals surface area contributed by atoms with Crippen molar-refractivity contribution in [1.82, 2.24) is 14.5 Å². The van der Waals surface area contributed by atoms with Gasteiger partial charge >= 0.3 is 0 Å². The highest BCUT2D eigenvalue weighted by molar-refractivity contribution is 5.34. The largest absolute Gasteiger partial charge is 0.462 e. The van der Waals surface area contributed by atoms with E-state index in [2.05, 4.69) is 9.88 Å². The van der Waals surface area contributed by atoms with Crippen molar-refractivity contribution in [2.75, 3.05) is 38.2 Å². The summed E-state index contributed by atoms with van der Waals surface area (Å²) in [4.78, 5) is 20.4. The fourth-order valence-corrected chi connectivity index (χ4v) is 2.99. The summed E-state index contributed by atoms with van der Waals surface area (Å²) < 4.78 is 12.9. The predicted octanol–water partition coefficient (Wildman–Crippen LogP) is 0.203. The summed E-state index contributed by atoms with van der Waals surface area (Å²) in [6.07, 6.45) is 3.25. The van der Waals surface area contributed by atoms with E-state index >= 15 is 0 Å². The van der Waals surface area contributed by atoms with Crippen LogP contribution in [0.5, 0.6) is 0 Å². The van der Waals surface area contributed by atoms with E-state index in [-0.39, 0.29) is 18.3 Å². The summed E-state index contributed by atoms with van der Waals surface area (Å²) in [6.45, 7) is 3.37. The van der Waals surface area contributed by atoms with Gasteiger partial charge in [0.25, 0.3) is 5.56 Å². The van der Waals surface area contributed by atoms with Crippen molar-refractivity contribution in [3.05, 3.63) is 46.4 Å². The Balaban J connectivity index is 1.59. The van der Waals surface area contributed by atoms with Gasteiger partial charge in [0.2, 0.25) is 0 Å². The number of hydrogen-bond donors (Lipinski definition) is 1. The van der Waals surface area contributed by atoms with Crippen LogP contribution >= 0.6 is 0 Å². The molecular weight excluding hydrogens is 324 g/mol. The lowest BCUT2D eigenvalue weighted by atomic mass is 10.2. The van der Waals surface area contributed by atoms with Crippen LogP contribution in [0.25, 0.3) is 0 Å². The number of morpholine rings is 1. The molecule has 0 bridgehead atoms. The van der Waals surface area contributed by atoms with Gasteiger partial charge in [0, 0.05) is 46.1 Å². The number of nitrogens with zero attached hydrogens (tertiary/aromatic N) is 4. The molecular formula is C17H24N4O4. The molecule has 0 aliphatic carbocycles. The smallest absolute Gasteiger partial charge is 0.293 e. The molecule has 0 amide bonds. The maximum absolute atomic E-state index is 12.2. The lowest BCUT2D eigenvalue weighted by molar-refractivity contribution is -0.0284. The average molecular weight is 348 g/mol. The second-order valence-corrected chi connectivity index (χ2v) is 6.30. The second-order valence-electron chi connectivity index (χ2n) is 6.30. The summed E-state index contributed by atoms with van der Waals surface area (Å²) >= 11 is 0. The number of likely N-dealkylation sites (N-methyl/N-ethyl adjacent to an activating group) is 1. The minimum Gasteiger partial charge on any atom is -0.462 e. The van der Waals surface area contributed by atoms with Crippen molar-refractivity contribution in [3.8, 4) is 0 Å². The van der Waals surface area contributed by atoms with Crippen LogP contribution in [0.1, 0.15) is 11.5 Å². The molecule has 1 fully saturated rings. The van der Waals surface area contributed by atoms with Crippen molar-refractivity contribution in [2.45, 2.75) is 19.3 Å². The molecule has 1 aliphatic rings. The van der Waals surface area contributed by atoms with E-state index in [0.29, 0.717) is 31.3 Å². The van der Waals surface area contributed by atoms with Gasteiger partial charge in [-0.3, -0.25) is 9.69 Å². The molecule has 0 aromatic carbocycles. The zero-order valence-corrected chi connectivity index (χ0v) is 14.6. The van der Waals surface area contributed by atoms with Crippen LogP contribution < -0.4 is 10.5 Å². The van der Waals surface area contributed by atoms with Crippen molar-refractivity contribution in [3.63, 3.8) is 0 Å². The number of aliphatic hydroxyl groups excluding tert-OH is 1. The van der Waals surface area contributed by atoms with Crippen molar-refractivity contribution in [1.29, 1.82) is 0 Å². The molecule has 3 rings (SSSR count). The Morgan fingerprint density at radius 2 is 2.20 bits per heavy atom. The number of aliphatic hydroxyl groups is 1. The first-order valence-electron chi connectivity index (χ1n) is 8.32. The Bertz CT molecular complexity index is 757. The maximum atomic E-state index is 12.2. The molecule has 1 aliphatic heterocycles. The number of aromatic nitrogens is 2. The molecule has 1 saturated heterocycles. The summed E-state index contributed by atoms with van der Waals surface area (Å²) in [5.41, 5.74) is -0.121. The van der Waals surface area contributed by atoms with Crippen LogP contribution in [-0.2, 0) is 24.9 Å². The molecule has 3 heterocycles. The summed E-state index contributed by atoms with van der Waals surface area (Å²) in [6, 6.07) is 3.68. The number of aryl methyl sites for hydroxylation is 1. The second kappa shape index (κ2) is 7.81. The molecule has 2 aromatic heterocycles. The van der Waals surface area contributed by atoms with E-state index in [4.69, 9.17) is 14.3 Å². The minimum atomic E-state index is -0.121. The third-order valence-electron chi connectivity index (χ3n) is 4.31. The van der Waals surface area contributed by atoms with E-state index < -0.39 is 0 Å². The normalized spacial score (nSPS) is 18.4. The average Bonchev–Trinajstić information content (AvgIpc) is 3.05. The number of anilines is 1. The lowest BCUT2D eigenvalue weighted by Gasteiger charge is -2.34. The predicted molar refractivity (Wildman–Crippen MR) is 92.4 cm³/mol. The lowest BCUT2D eigenvalue weighted by Crippen LogP contribution is -2.47. The molecule has 8 heteroatoms. The molecule has 0 unspecified atom stereocenters. The summed E-state index contributed by atoms with van der Waals surface area (Å²) in [7, 11) is 3.57. The third kappa shape index (κ3) is 4.28. The SMILES string of the molecule is CN(C[C@H]1CN(Cc2ccc(CO)o2)CCO1)c1nccn(C)c1=O. The molecule has 0 radical (unpaired) electrons. The Morgan fingerprint density at radius 3 is 2.96 bits per heavy atom. The zero-order chi connectivity index (χ0) is 17.8. The quantitative estimate of drug-likeness (QED) is 0.798. The number of hydrogen-bond acceptors (Lipinski definition) is 7. The van der Waals surface area contributed by atoms with Gasteiger partial charge in [0.05, 0.1) is 19.3 Å². The molecule has 25 heavy (non-hydrogen) atoms. The van der Waals surface area contributed by atoms with E-state index in [1.807, 2.05) is 18.0 Å². The maximum Gasteiger partial charge on any atom is 0.293 e. The van der Waals surface area contributed by atoms with E-state index in [9.17, 15) is 4.79 Å². The van der Waals surface area contributed by atoms with E-state index in [0.717, 1.165) is 18.8 Å². The molecule has 2 aromatic rings.